The fraction of sp³-hybridized carbons (Fsp3) is 0.211. The molecule has 0 saturated carbocycles. The summed E-state index contributed by atoms with van der Waals surface area (Å²) in [6.07, 6.45) is 5.75. The molecule has 0 spiro atoms. The lowest BCUT2D eigenvalue weighted by atomic mass is 10.0. The van der Waals surface area contributed by atoms with Crippen molar-refractivity contribution in [1.29, 1.82) is 0 Å². The molecule has 0 aliphatic rings. The monoisotopic (exact) mass is 282 g/mol. The van der Waals surface area contributed by atoms with Gasteiger partial charge in [-0.05, 0) is 54.7 Å². The van der Waals surface area contributed by atoms with E-state index in [1.165, 1.54) is 17.2 Å². The minimum Gasteiger partial charge on any atom is -0.303 e. The van der Waals surface area contributed by atoms with E-state index >= 15 is 0 Å². The Labute approximate surface area is 125 Å². The molecule has 2 aromatic rings. The van der Waals surface area contributed by atoms with Crippen molar-refractivity contribution in [2.45, 2.75) is 26.7 Å². The summed E-state index contributed by atoms with van der Waals surface area (Å²) < 4.78 is 13.9. The number of aryl methyl sites for hydroxylation is 3. The number of hydrogen-bond donors (Lipinski definition) is 0. The normalized spacial score (nSPS) is 11.0. The maximum atomic E-state index is 13.9. The van der Waals surface area contributed by atoms with Crippen LogP contribution >= 0.6 is 0 Å². The zero-order valence-corrected chi connectivity index (χ0v) is 12.4. The summed E-state index contributed by atoms with van der Waals surface area (Å²) in [7, 11) is 0. The molecule has 0 amide bonds. The first-order valence-corrected chi connectivity index (χ1v) is 7.08. The summed E-state index contributed by atoms with van der Waals surface area (Å²) in [5.41, 5.74) is 4.99. The average molecular weight is 282 g/mol. The van der Waals surface area contributed by atoms with Crippen molar-refractivity contribution in [2.75, 3.05) is 0 Å². The van der Waals surface area contributed by atoms with Crippen LogP contribution in [-0.2, 0) is 11.2 Å². The predicted molar refractivity (Wildman–Crippen MR) is 85.6 cm³/mol. The van der Waals surface area contributed by atoms with Crippen LogP contribution in [0.4, 0.5) is 4.39 Å². The van der Waals surface area contributed by atoms with Gasteiger partial charge in [0.1, 0.15) is 12.1 Å². The van der Waals surface area contributed by atoms with Crippen LogP contribution in [0.5, 0.6) is 0 Å². The predicted octanol–water partition coefficient (Wildman–Crippen LogP) is 4.74. The van der Waals surface area contributed by atoms with E-state index in [0.717, 1.165) is 17.4 Å². The average Bonchev–Trinajstić information content (AvgIpc) is 2.47. The topological polar surface area (TPSA) is 17.1 Å². The summed E-state index contributed by atoms with van der Waals surface area (Å²) in [6, 6.07) is 11.1. The molecule has 0 saturated heterocycles. The number of carbonyl (C=O) groups excluding carboxylic acids is 1. The van der Waals surface area contributed by atoms with Gasteiger partial charge in [-0.2, -0.15) is 0 Å². The second-order valence-corrected chi connectivity index (χ2v) is 5.20. The molecule has 0 bridgehead atoms. The molecular formula is C19H19FO. The first-order valence-electron chi connectivity index (χ1n) is 7.08. The number of benzene rings is 2. The Morgan fingerprint density at radius 1 is 1.05 bits per heavy atom. The van der Waals surface area contributed by atoms with Crippen LogP contribution in [0.15, 0.2) is 36.4 Å². The van der Waals surface area contributed by atoms with Crippen molar-refractivity contribution in [3.05, 3.63) is 70.0 Å². The van der Waals surface area contributed by atoms with Gasteiger partial charge in [0, 0.05) is 12.0 Å². The number of carbonyl (C=O) groups is 1. The molecular weight excluding hydrogens is 263 g/mol. The maximum Gasteiger partial charge on any atom is 0.130 e. The smallest absolute Gasteiger partial charge is 0.130 e. The van der Waals surface area contributed by atoms with Crippen LogP contribution in [0.2, 0.25) is 0 Å². The van der Waals surface area contributed by atoms with E-state index in [1.54, 1.807) is 12.1 Å². The van der Waals surface area contributed by atoms with Gasteiger partial charge in [-0.3, -0.25) is 0 Å². The molecule has 0 unspecified atom stereocenters. The molecule has 0 heterocycles. The van der Waals surface area contributed by atoms with Gasteiger partial charge in [0.2, 0.25) is 0 Å². The zero-order valence-electron chi connectivity index (χ0n) is 12.4. The van der Waals surface area contributed by atoms with Gasteiger partial charge in [-0.25, -0.2) is 4.39 Å². The summed E-state index contributed by atoms with van der Waals surface area (Å²) in [5, 5.41) is 0. The molecule has 0 radical (unpaired) electrons. The molecule has 0 N–H and O–H groups in total. The number of halogens is 1. The van der Waals surface area contributed by atoms with Gasteiger partial charge in [-0.1, -0.05) is 36.4 Å². The van der Waals surface area contributed by atoms with Gasteiger partial charge in [-0.15, -0.1) is 0 Å². The molecule has 0 fully saturated rings. The molecule has 1 nitrogen and oxygen atoms in total. The van der Waals surface area contributed by atoms with Crippen LogP contribution in [0.25, 0.3) is 12.2 Å². The van der Waals surface area contributed by atoms with E-state index in [1.807, 2.05) is 44.2 Å². The van der Waals surface area contributed by atoms with Gasteiger partial charge < -0.3 is 4.79 Å². The SMILES string of the molecule is Cc1cccc(C)c1/C=C/c1cc(CCC=O)ccc1F. The molecule has 0 aliphatic heterocycles. The van der Waals surface area contributed by atoms with E-state index in [4.69, 9.17) is 0 Å². The van der Waals surface area contributed by atoms with Crippen molar-refractivity contribution < 1.29 is 9.18 Å². The molecule has 21 heavy (non-hydrogen) atoms. The first-order chi connectivity index (χ1) is 10.1. The lowest BCUT2D eigenvalue weighted by molar-refractivity contribution is -0.107. The first kappa shape index (κ1) is 15.2. The number of rotatable bonds is 5. The number of aldehydes is 1. The van der Waals surface area contributed by atoms with Crippen molar-refractivity contribution in [1.82, 2.24) is 0 Å². The largest absolute Gasteiger partial charge is 0.303 e. The molecule has 2 heteroatoms. The van der Waals surface area contributed by atoms with Crippen molar-refractivity contribution in [3.8, 4) is 0 Å². The fourth-order valence-electron chi connectivity index (χ4n) is 2.37. The van der Waals surface area contributed by atoms with Gasteiger partial charge in [0.15, 0.2) is 0 Å². The number of hydrogen-bond acceptors (Lipinski definition) is 1. The Bertz CT molecular complexity index is 651. The zero-order chi connectivity index (χ0) is 15.2. The highest BCUT2D eigenvalue weighted by atomic mass is 19.1. The van der Waals surface area contributed by atoms with Gasteiger partial charge in [0.25, 0.3) is 0 Å². The highest BCUT2D eigenvalue weighted by Gasteiger charge is 2.02. The van der Waals surface area contributed by atoms with Crippen LogP contribution < -0.4 is 0 Å². The standard InChI is InChI=1S/C19H19FO/c1-14-5-3-6-15(2)18(14)10-9-17-13-16(7-4-12-21)8-11-19(17)20/h3,5-6,8-13H,4,7H2,1-2H3/b10-9+. The quantitative estimate of drug-likeness (QED) is 0.571. The van der Waals surface area contributed by atoms with E-state index < -0.39 is 0 Å². The van der Waals surface area contributed by atoms with E-state index in [9.17, 15) is 9.18 Å². The second-order valence-electron chi connectivity index (χ2n) is 5.20. The Morgan fingerprint density at radius 2 is 1.76 bits per heavy atom. The summed E-state index contributed by atoms with van der Waals surface area (Å²) in [4.78, 5) is 10.4. The summed E-state index contributed by atoms with van der Waals surface area (Å²) in [5.74, 6) is -0.243. The highest BCUT2D eigenvalue weighted by Crippen LogP contribution is 2.19. The third-order valence-electron chi connectivity index (χ3n) is 3.58. The molecule has 0 aromatic heterocycles. The molecule has 0 aliphatic carbocycles. The molecule has 2 rings (SSSR count). The summed E-state index contributed by atoms with van der Waals surface area (Å²) >= 11 is 0. The van der Waals surface area contributed by atoms with Crippen LogP contribution in [-0.4, -0.2) is 6.29 Å². The Kier molecular flexibility index (Phi) is 5.04. The minimum absolute atomic E-state index is 0.243. The van der Waals surface area contributed by atoms with E-state index in [-0.39, 0.29) is 5.82 Å². The maximum absolute atomic E-state index is 13.9. The van der Waals surface area contributed by atoms with Crippen molar-refractivity contribution in [2.24, 2.45) is 0 Å². The molecule has 0 atom stereocenters. The third kappa shape index (κ3) is 3.88. The van der Waals surface area contributed by atoms with E-state index in [0.29, 0.717) is 18.4 Å². The van der Waals surface area contributed by atoms with Gasteiger partial charge in [0.05, 0.1) is 0 Å². The third-order valence-corrected chi connectivity index (χ3v) is 3.58. The van der Waals surface area contributed by atoms with Crippen molar-refractivity contribution in [3.63, 3.8) is 0 Å². The van der Waals surface area contributed by atoms with E-state index in [2.05, 4.69) is 0 Å². The molecule has 2 aromatic carbocycles. The molecule has 108 valence electrons. The lowest BCUT2D eigenvalue weighted by Gasteiger charge is -2.05. The van der Waals surface area contributed by atoms with Gasteiger partial charge >= 0.3 is 0 Å². The Morgan fingerprint density at radius 3 is 2.43 bits per heavy atom. The summed E-state index contributed by atoms with van der Waals surface area (Å²) in [6.45, 7) is 4.09. The lowest BCUT2D eigenvalue weighted by Crippen LogP contribution is -1.90. The Hall–Kier alpha value is -2.22. The second kappa shape index (κ2) is 6.98. The minimum atomic E-state index is -0.243. The van der Waals surface area contributed by atoms with Crippen molar-refractivity contribution >= 4 is 18.4 Å². The highest BCUT2D eigenvalue weighted by molar-refractivity contribution is 5.73. The van der Waals surface area contributed by atoms with Crippen LogP contribution in [0.3, 0.4) is 0 Å². The van der Waals surface area contributed by atoms with Crippen LogP contribution in [0.1, 0.15) is 34.2 Å². The Balaban J connectivity index is 2.30. The fourth-order valence-corrected chi connectivity index (χ4v) is 2.37. The van der Waals surface area contributed by atoms with Crippen LogP contribution in [0, 0.1) is 19.7 Å².